The van der Waals surface area contributed by atoms with Crippen LogP contribution in [0.2, 0.25) is 0 Å². The Hall–Kier alpha value is -1.43. The van der Waals surface area contributed by atoms with Crippen LogP contribution in [0.25, 0.3) is 0 Å². The zero-order valence-corrected chi connectivity index (χ0v) is 15.2. The van der Waals surface area contributed by atoms with E-state index in [9.17, 15) is 0 Å². The van der Waals surface area contributed by atoms with Gasteiger partial charge in [0.05, 0.1) is 0 Å². The van der Waals surface area contributed by atoms with E-state index < -0.39 is 0 Å². The van der Waals surface area contributed by atoms with Crippen molar-refractivity contribution in [1.29, 1.82) is 0 Å². The number of likely N-dealkylation sites (tertiary alicyclic amines) is 1. The minimum Gasteiger partial charge on any atom is -0.357 e. The van der Waals surface area contributed by atoms with Gasteiger partial charge < -0.3 is 10.2 Å². The fourth-order valence-electron chi connectivity index (χ4n) is 3.49. The summed E-state index contributed by atoms with van der Waals surface area (Å²) in [6, 6.07) is 0.410. The largest absolute Gasteiger partial charge is 0.357 e. The Bertz CT molecular complexity index is 521. The molecular weight excluding hydrogens is 276 g/mol. The van der Waals surface area contributed by atoms with Gasteiger partial charge in [-0.05, 0) is 54.5 Å². The summed E-state index contributed by atoms with van der Waals surface area (Å²) in [7, 11) is 6.15. The first-order valence-electron chi connectivity index (χ1n) is 7.94. The lowest BCUT2D eigenvalue weighted by Crippen LogP contribution is -2.62. The van der Waals surface area contributed by atoms with Crippen molar-refractivity contribution in [3.8, 4) is 0 Å². The Balaban J connectivity index is 2.29. The summed E-state index contributed by atoms with van der Waals surface area (Å²) in [6.45, 7) is 11.2. The fraction of sp³-hybridized carbons (Fsp3) is 0.812. The molecule has 1 aliphatic rings. The summed E-state index contributed by atoms with van der Waals surface area (Å²) in [5.74, 6) is 2.12. The highest BCUT2D eigenvalue weighted by Gasteiger charge is 2.44. The van der Waals surface area contributed by atoms with Gasteiger partial charge in [-0.15, -0.1) is 0 Å². The Morgan fingerprint density at radius 3 is 2.14 bits per heavy atom. The second kappa shape index (κ2) is 5.65. The maximum atomic E-state index is 4.52. The van der Waals surface area contributed by atoms with Crippen LogP contribution >= 0.6 is 0 Å². The zero-order chi connectivity index (χ0) is 16.7. The molecule has 0 spiro atoms. The topological polar surface area (TPSA) is 57.2 Å². The summed E-state index contributed by atoms with van der Waals surface area (Å²) in [4.78, 5) is 18.0. The summed E-state index contributed by atoms with van der Waals surface area (Å²) in [5.41, 5.74) is 0.295. The molecule has 0 amide bonds. The number of aryl methyl sites for hydroxylation is 1. The molecule has 0 radical (unpaired) electrons. The van der Waals surface area contributed by atoms with E-state index in [0.29, 0.717) is 12.0 Å². The van der Waals surface area contributed by atoms with E-state index in [1.54, 1.807) is 0 Å². The molecule has 0 saturated carbocycles. The molecule has 1 aromatic rings. The minimum absolute atomic E-state index is 0.147. The van der Waals surface area contributed by atoms with Crippen LogP contribution in [0.3, 0.4) is 0 Å². The first-order valence-corrected chi connectivity index (χ1v) is 7.94. The number of anilines is 2. The molecule has 0 unspecified atom stereocenters. The molecule has 0 bridgehead atoms. The van der Waals surface area contributed by atoms with Crippen LogP contribution in [-0.2, 0) is 0 Å². The third kappa shape index (κ3) is 3.16. The van der Waals surface area contributed by atoms with Crippen molar-refractivity contribution >= 4 is 11.9 Å². The molecule has 6 heteroatoms. The summed E-state index contributed by atoms with van der Waals surface area (Å²) >= 11 is 0. The number of hydrogen-bond donors (Lipinski definition) is 1. The Morgan fingerprint density at radius 2 is 1.64 bits per heavy atom. The molecule has 0 atom stereocenters. The average molecular weight is 306 g/mol. The van der Waals surface area contributed by atoms with E-state index in [2.05, 4.69) is 71.9 Å². The summed E-state index contributed by atoms with van der Waals surface area (Å²) in [6.07, 6.45) is 2.17. The molecule has 1 N–H and O–H groups in total. The number of aromatic nitrogens is 3. The molecule has 22 heavy (non-hydrogen) atoms. The first-order chi connectivity index (χ1) is 10.1. The molecule has 2 rings (SSSR count). The molecule has 0 aromatic carbocycles. The number of nitrogens with zero attached hydrogens (tertiary/aromatic N) is 5. The van der Waals surface area contributed by atoms with Gasteiger partial charge in [-0.3, -0.25) is 4.90 Å². The van der Waals surface area contributed by atoms with Crippen LogP contribution in [-0.4, -0.2) is 58.1 Å². The second-order valence-corrected chi connectivity index (χ2v) is 7.61. The van der Waals surface area contributed by atoms with Crippen LogP contribution in [0, 0.1) is 6.92 Å². The lowest BCUT2D eigenvalue weighted by atomic mass is 9.77. The van der Waals surface area contributed by atoms with Crippen LogP contribution in [0.15, 0.2) is 0 Å². The monoisotopic (exact) mass is 306 g/mol. The van der Waals surface area contributed by atoms with Crippen molar-refractivity contribution in [2.45, 2.75) is 64.6 Å². The molecular formula is C16H30N6. The van der Waals surface area contributed by atoms with Gasteiger partial charge in [-0.25, -0.2) is 0 Å². The third-order valence-corrected chi connectivity index (χ3v) is 5.11. The van der Waals surface area contributed by atoms with Gasteiger partial charge in [0, 0.05) is 31.2 Å². The molecule has 2 heterocycles. The van der Waals surface area contributed by atoms with E-state index in [4.69, 9.17) is 0 Å². The molecule has 124 valence electrons. The molecule has 1 saturated heterocycles. The van der Waals surface area contributed by atoms with Gasteiger partial charge >= 0.3 is 0 Å². The van der Waals surface area contributed by atoms with Gasteiger partial charge in [0.1, 0.15) is 5.82 Å². The SMILES string of the molecule is CNc1nc(C)nc(N(C)C2CC(C)(C)N(C)C(C)(C)C2)n1. The van der Waals surface area contributed by atoms with Crippen molar-refractivity contribution in [2.75, 3.05) is 31.4 Å². The van der Waals surface area contributed by atoms with E-state index >= 15 is 0 Å². The standard InChI is InChI=1S/C16H30N6/c1-11-18-13(17-6)20-14(19-11)21(7)12-9-15(2,3)22(8)16(4,5)10-12/h12H,9-10H2,1-8H3,(H,17,18,19,20). The van der Waals surface area contributed by atoms with Gasteiger partial charge in [-0.1, -0.05) is 0 Å². The van der Waals surface area contributed by atoms with Crippen LogP contribution in [0.1, 0.15) is 46.4 Å². The number of nitrogens with one attached hydrogen (secondary N) is 1. The quantitative estimate of drug-likeness (QED) is 0.925. The van der Waals surface area contributed by atoms with Gasteiger partial charge in [0.25, 0.3) is 0 Å². The van der Waals surface area contributed by atoms with Crippen molar-refractivity contribution in [2.24, 2.45) is 0 Å². The van der Waals surface area contributed by atoms with Gasteiger partial charge in [0.2, 0.25) is 11.9 Å². The summed E-state index contributed by atoms with van der Waals surface area (Å²) in [5, 5.41) is 3.01. The van der Waals surface area contributed by atoms with Crippen LogP contribution in [0.4, 0.5) is 11.9 Å². The van der Waals surface area contributed by atoms with Crippen molar-refractivity contribution in [3.05, 3.63) is 5.82 Å². The highest BCUT2D eigenvalue weighted by atomic mass is 15.3. The molecule has 1 aromatic heterocycles. The van der Waals surface area contributed by atoms with Crippen molar-refractivity contribution in [1.82, 2.24) is 19.9 Å². The molecule has 1 aliphatic heterocycles. The van der Waals surface area contributed by atoms with E-state index in [1.807, 2.05) is 14.0 Å². The van der Waals surface area contributed by atoms with Crippen LogP contribution in [0.5, 0.6) is 0 Å². The first kappa shape index (κ1) is 16.9. The Kier molecular flexibility index (Phi) is 4.35. The molecule has 1 fully saturated rings. The minimum atomic E-state index is 0.147. The predicted molar refractivity (Wildman–Crippen MR) is 91.5 cm³/mol. The fourth-order valence-corrected chi connectivity index (χ4v) is 3.49. The number of rotatable bonds is 3. The highest BCUT2D eigenvalue weighted by Crippen LogP contribution is 2.39. The maximum Gasteiger partial charge on any atom is 0.230 e. The smallest absolute Gasteiger partial charge is 0.230 e. The number of hydrogen-bond acceptors (Lipinski definition) is 6. The van der Waals surface area contributed by atoms with E-state index in [1.165, 1.54) is 0 Å². The highest BCUT2D eigenvalue weighted by molar-refractivity contribution is 5.37. The van der Waals surface area contributed by atoms with E-state index in [-0.39, 0.29) is 11.1 Å². The average Bonchev–Trinajstić information content (AvgIpc) is 2.42. The Morgan fingerprint density at radius 1 is 1.09 bits per heavy atom. The number of piperidine rings is 1. The Labute approximate surface area is 134 Å². The lowest BCUT2D eigenvalue weighted by molar-refractivity contribution is -0.0121. The van der Waals surface area contributed by atoms with Crippen LogP contribution < -0.4 is 10.2 Å². The zero-order valence-electron chi connectivity index (χ0n) is 15.2. The predicted octanol–water partition coefficient (Wildman–Crippen LogP) is 2.31. The third-order valence-electron chi connectivity index (χ3n) is 5.11. The van der Waals surface area contributed by atoms with Crippen molar-refractivity contribution < 1.29 is 0 Å². The lowest BCUT2D eigenvalue weighted by Gasteiger charge is -2.55. The normalized spacial score (nSPS) is 21.6. The van der Waals surface area contributed by atoms with Crippen molar-refractivity contribution in [3.63, 3.8) is 0 Å². The van der Waals surface area contributed by atoms with Gasteiger partial charge in [-0.2, -0.15) is 15.0 Å². The second-order valence-electron chi connectivity index (χ2n) is 7.61. The van der Waals surface area contributed by atoms with E-state index in [0.717, 1.165) is 24.6 Å². The summed E-state index contributed by atoms with van der Waals surface area (Å²) < 4.78 is 0. The molecule has 0 aliphatic carbocycles. The maximum absolute atomic E-state index is 4.52. The molecule has 6 nitrogen and oxygen atoms in total. The van der Waals surface area contributed by atoms with Gasteiger partial charge in [0.15, 0.2) is 0 Å².